The average molecular weight is 328 g/mol. The lowest BCUT2D eigenvalue weighted by atomic mass is 10.1. The van der Waals surface area contributed by atoms with Crippen LogP contribution >= 0.6 is 0 Å². The second kappa shape index (κ2) is 6.35. The highest BCUT2D eigenvalue weighted by atomic mass is 16.5. The van der Waals surface area contributed by atoms with E-state index in [2.05, 4.69) is 15.3 Å². The van der Waals surface area contributed by atoms with Gasteiger partial charge in [-0.25, -0.2) is 4.98 Å². The van der Waals surface area contributed by atoms with Gasteiger partial charge in [0.05, 0.1) is 12.8 Å². The monoisotopic (exact) mass is 328 g/mol. The van der Waals surface area contributed by atoms with E-state index in [4.69, 9.17) is 4.74 Å². The van der Waals surface area contributed by atoms with Gasteiger partial charge >= 0.3 is 0 Å². The number of carbonyl (C=O) groups excluding carboxylic acids is 2. The van der Waals surface area contributed by atoms with E-state index in [0.717, 1.165) is 5.69 Å². The maximum Gasteiger partial charge on any atom is 0.271 e. The highest BCUT2D eigenvalue weighted by Gasteiger charge is 2.35. The Balaban J connectivity index is 1.86. The van der Waals surface area contributed by atoms with Crippen molar-refractivity contribution < 1.29 is 14.3 Å². The smallest absolute Gasteiger partial charge is 0.271 e. The Morgan fingerprint density at radius 3 is 2.88 bits per heavy atom. The minimum Gasteiger partial charge on any atom is -0.495 e. The zero-order valence-corrected chi connectivity index (χ0v) is 13.9. The number of nitrogens with one attached hydrogen (secondary N) is 2. The van der Waals surface area contributed by atoms with Gasteiger partial charge in [0.25, 0.3) is 5.91 Å². The molecule has 2 aromatic rings. The molecule has 1 saturated heterocycles. The molecular weight excluding hydrogens is 308 g/mol. The number of methoxy groups -OCH3 is 1. The Labute approximate surface area is 140 Å². The predicted octanol–water partition coefficient (Wildman–Crippen LogP) is 1.61. The van der Waals surface area contributed by atoms with E-state index in [-0.39, 0.29) is 17.7 Å². The van der Waals surface area contributed by atoms with E-state index in [1.807, 2.05) is 24.3 Å². The maximum absolute atomic E-state index is 12.5. The van der Waals surface area contributed by atoms with E-state index >= 15 is 0 Å². The number of amides is 2. The minimum atomic E-state index is -0.235. The molecule has 126 valence electrons. The summed E-state index contributed by atoms with van der Waals surface area (Å²) < 4.78 is 5.35. The Morgan fingerprint density at radius 2 is 2.17 bits per heavy atom. The Morgan fingerprint density at radius 1 is 1.42 bits per heavy atom. The second-order valence-electron chi connectivity index (χ2n) is 5.75. The summed E-state index contributed by atoms with van der Waals surface area (Å²) in [6, 6.07) is 7.43. The molecule has 1 fully saturated rings. The maximum atomic E-state index is 12.5. The summed E-state index contributed by atoms with van der Waals surface area (Å²) in [4.78, 5) is 33.5. The standard InChI is InChI=1S/C17H20N4O3/c1-10-15(17(23)18-2)20-16(19-10)11-8-14(22)21(9-11)12-6-4-5-7-13(12)24-3/h4-7,11H,8-9H2,1-3H3,(H,18,23)(H,19,20)/t11-/m1/s1. The first-order valence-electron chi connectivity index (χ1n) is 7.77. The number of benzene rings is 1. The lowest BCUT2D eigenvalue weighted by Crippen LogP contribution is -2.24. The van der Waals surface area contributed by atoms with Crippen LogP contribution in [-0.4, -0.2) is 42.5 Å². The van der Waals surface area contributed by atoms with Gasteiger partial charge in [-0.15, -0.1) is 0 Å². The van der Waals surface area contributed by atoms with Crippen molar-refractivity contribution in [3.63, 3.8) is 0 Å². The van der Waals surface area contributed by atoms with E-state index in [1.54, 1.807) is 26.0 Å². The van der Waals surface area contributed by atoms with E-state index < -0.39 is 0 Å². The van der Waals surface area contributed by atoms with Gasteiger partial charge in [0, 0.05) is 31.6 Å². The number of aromatic nitrogens is 2. The van der Waals surface area contributed by atoms with Crippen LogP contribution in [0.15, 0.2) is 24.3 Å². The molecule has 1 aromatic heterocycles. The van der Waals surface area contributed by atoms with Gasteiger partial charge in [-0.3, -0.25) is 9.59 Å². The van der Waals surface area contributed by atoms with Crippen molar-refractivity contribution in [2.24, 2.45) is 0 Å². The summed E-state index contributed by atoms with van der Waals surface area (Å²) in [5.41, 5.74) is 1.82. The summed E-state index contributed by atoms with van der Waals surface area (Å²) in [6.45, 7) is 2.30. The third-order valence-corrected chi connectivity index (χ3v) is 4.23. The van der Waals surface area contributed by atoms with Crippen molar-refractivity contribution in [3.05, 3.63) is 41.5 Å². The van der Waals surface area contributed by atoms with Crippen LogP contribution in [0.5, 0.6) is 5.75 Å². The van der Waals surface area contributed by atoms with Crippen LogP contribution < -0.4 is 15.0 Å². The number of ether oxygens (including phenoxy) is 1. The van der Waals surface area contributed by atoms with Crippen molar-refractivity contribution in [1.82, 2.24) is 15.3 Å². The number of aromatic amines is 1. The number of para-hydroxylation sites is 2. The van der Waals surface area contributed by atoms with Crippen molar-refractivity contribution in [2.45, 2.75) is 19.3 Å². The Hall–Kier alpha value is -2.83. The zero-order chi connectivity index (χ0) is 17.3. The van der Waals surface area contributed by atoms with Crippen LogP contribution in [0.3, 0.4) is 0 Å². The number of nitrogens with zero attached hydrogens (tertiary/aromatic N) is 2. The molecule has 7 nitrogen and oxygen atoms in total. The van der Waals surface area contributed by atoms with Crippen LogP contribution in [0.25, 0.3) is 0 Å². The fourth-order valence-electron chi connectivity index (χ4n) is 2.99. The van der Waals surface area contributed by atoms with Gasteiger partial charge in [-0.05, 0) is 19.1 Å². The molecule has 0 saturated carbocycles. The van der Waals surface area contributed by atoms with Crippen LogP contribution in [-0.2, 0) is 4.79 Å². The van der Waals surface area contributed by atoms with Crippen molar-refractivity contribution in [3.8, 4) is 5.75 Å². The van der Waals surface area contributed by atoms with Crippen molar-refractivity contribution in [1.29, 1.82) is 0 Å². The third kappa shape index (κ3) is 2.73. The molecule has 24 heavy (non-hydrogen) atoms. The summed E-state index contributed by atoms with van der Waals surface area (Å²) in [7, 11) is 3.15. The molecule has 2 amide bonds. The fourth-order valence-corrected chi connectivity index (χ4v) is 2.99. The molecule has 1 aliphatic rings. The predicted molar refractivity (Wildman–Crippen MR) is 89.4 cm³/mol. The van der Waals surface area contributed by atoms with Gasteiger partial charge in [0.1, 0.15) is 17.3 Å². The first kappa shape index (κ1) is 16.0. The van der Waals surface area contributed by atoms with Crippen LogP contribution in [0, 0.1) is 6.92 Å². The van der Waals surface area contributed by atoms with Crippen molar-refractivity contribution in [2.75, 3.05) is 25.6 Å². The molecule has 0 unspecified atom stereocenters. The molecular formula is C17H20N4O3. The van der Waals surface area contributed by atoms with E-state index in [0.29, 0.717) is 35.9 Å². The summed E-state index contributed by atoms with van der Waals surface area (Å²) in [6.07, 6.45) is 0.345. The number of anilines is 1. The quantitative estimate of drug-likeness (QED) is 0.892. The van der Waals surface area contributed by atoms with Gasteiger partial charge in [-0.2, -0.15) is 0 Å². The number of H-pyrrole nitrogens is 1. The van der Waals surface area contributed by atoms with E-state index in [1.165, 1.54) is 0 Å². The molecule has 0 bridgehead atoms. The lowest BCUT2D eigenvalue weighted by Gasteiger charge is -2.19. The molecule has 0 radical (unpaired) electrons. The molecule has 1 atom stereocenters. The first-order chi connectivity index (χ1) is 11.5. The molecule has 1 aliphatic heterocycles. The lowest BCUT2D eigenvalue weighted by molar-refractivity contribution is -0.117. The number of hydrogen-bond donors (Lipinski definition) is 2. The first-order valence-corrected chi connectivity index (χ1v) is 7.77. The SMILES string of the molecule is CNC(=O)c1nc([C@@H]2CC(=O)N(c3ccccc3OC)C2)[nH]c1C. The molecule has 2 heterocycles. The minimum absolute atomic E-state index is 0.0139. The Bertz CT molecular complexity index is 784. The van der Waals surface area contributed by atoms with Crippen LogP contribution in [0.1, 0.15) is 34.3 Å². The number of carbonyl (C=O) groups is 2. The number of rotatable bonds is 4. The van der Waals surface area contributed by atoms with Gasteiger partial charge < -0.3 is 19.9 Å². The molecule has 2 N–H and O–H groups in total. The summed E-state index contributed by atoms with van der Waals surface area (Å²) in [5.74, 6) is 1.02. The zero-order valence-electron chi connectivity index (χ0n) is 13.9. The molecule has 3 rings (SSSR count). The molecule has 0 aliphatic carbocycles. The van der Waals surface area contributed by atoms with Gasteiger partial charge in [-0.1, -0.05) is 12.1 Å². The van der Waals surface area contributed by atoms with Crippen LogP contribution in [0.2, 0.25) is 0 Å². The highest BCUT2D eigenvalue weighted by molar-refractivity contribution is 5.98. The molecule has 1 aromatic carbocycles. The number of aryl methyl sites for hydroxylation is 1. The second-order valence-corrected chi connectivity index (χ2v) is 5.75. The largest absolute Gasteiger partial charge is 0.495 e. The highest BCUT2D eigenvalue weighted by Crippen LogP contribution is 2.35. The number of hydrogen-bond acceptors (Lipinski definition) is 4. The van der Waals surface area contributed by atoms with Gasteiger partial charge in [0.2, 0.25) is 5.91 Å². The number of imidazole rings is 1. The fraction of sp³-hybridized carbons (Fsp3) is 0.353. The van der Waals surface area contributed by atoms with Crippen molar-refractivity contribution >= 4 is 17.5 Å². The van der Waals surface area contributed by atoms with E-state index in [9.17, 15) is 9.59 Å². The normalized spacial score (nSPS) is 17.2. The third-order valence-electron chi connectivity index (χ3n) is 4.23. The van der Waals surface area contributed by atoms with Crippen LogP contribution in [0.4, 0.5) is 5.69 Å². The topological polar surface area (TPSA) is 87.3 Å². The van der Waals surface area contributed by atoms with Gasteiger partial charge in [0.15, 0.2) is 0 Å². The summed E-state index contributed by atoms with van der Waals surface area (Å²) >= 11 is 0. The average Bonchev–Trinajstić information content (AvgIpc) is 3.17. The molecule has 0 spiro atoms. The molecule has 7 heteroatoms. The Kier molecular flexibility index (Phi) is 4.24. The summed E-state index contributed by atoms with van der Waals surface area (Å²) in [5, 5.41) is 2.57.